The molecule has 0 radical (unpaired) electrons. The van der Waals surface area contributed by atoms with Gasteiger partial charge in [-0.3, -0.25) is 4.79 Å². The van der Waals surface area contributed by atoms with Crippen LogP contribution in [0.2, 0.25) is 0 Å². The number of benzene rings is 1. The minimum atomic E-state index is -3.50. The van der Waals surface area contributed by atoms with E-state index >= 15 is 0 Å². The molecular weight excluding hydrogens is 326 g/mol. The average Bonchev–Trinajstić information content (AvgIpc) is 2.54. The van der Waals surface area contributed by atoms with Crippen LogP contribution in [0.15, 0.2) is 29.2 Å². The fourth-order valence-electron chi connectivity index (χ4n) is 2.85. The molecule has 0 aliphatic carbocycles. The third kappa shape index (κ3) is 4.34. The Kier molecular flexibility index (Phi) is 6.01. The van der Waals surface area contributed by atoms with Crippen molar-refractivity contribution in [1.29, 1.82) is 0 Å². The highest BCUT2D eigenvalue weighted by molar-refractivity contribution is 7.89. The van der Waals surface area contributed by atoms with Gasteiger partial charge in [0.2, 0.25) is 15.9 Å². The zero-order valence-electron chi connectivity index (χ0n) is 14.6. The number of hydrogen-bond donors (Lipinski definition) is 1. The molecule has 1 aromatic carbocycles. The van der Waals surface area contributed by atoms with Gasteiger partial charge in [-0.15, -0.1) is 0 Å². The molecule has 1 aliphatic rings. The van der Waals surface area contributed by atoms with Gasteiger partial charge >= 0.3 is 0 Å². The standard InChI is InChI=1S/C17H27N3O3S/c1-13(2)12-16(18)17(21)19-8-10-20(11-9-19)24(22,23)15-6-4-14(3)5-7-15/h4-7,13,16H,8-12,18H2,1-3H3. The van der Waals surface area contributed by atoms with Crippen LogP contribution in [0.3, 0.4) is 0 Å². The lowest BCUT2D eigenvalue weighted by Crippen LogP contribution is -2.54. The summed E-state index contributed by atoms with van der Waals surface area (Å²) in [5, 5.41) is 0. The van der Waals surface area contributed by atoms with Crippen LogP contribution < -0.4 is 5.73 Å². The van der Waals surface area contributed by atoms with Crippen molar-refractivity contribution in [3.8, 4) is 0 Å². The Balaban J connectivity index is 1.99. The molecule has 2 N–H and O–H groups in total. The first-order chi connectivity index (χ1) is 11.2. The predicted octanol–water partition coefficient (Wildman–Crippen LogP) is 1.20. The molecule has 1 aliphatic heterocycles. The van der Waals surface area contributed by atoms with Crippen molar-refractivity contribution in [3.63, 3.8) is 0 Å². The minimum Gasteiger partial charge on any atom is -0.339 e. The zero-order chi connectivity index (χ0) is 17.9. The Morgan fingerprint density at radius 1 is 1.12 bits per heavy atom. The van der Waals surface area contributed by atoms with Crippen LogP contribution in [-0.4, -0.2) is 55.8 Å². The summed E-state index contributed by atoms with van der Waals surface area (Å²) < 4.78 is 26.7. The number of amides is 1. The molecule has 6 nitrogen and oxygen atoms in total. The van der Waals surface area contributed by atoms with Crippen LogP contribution in [0.25, 0.3) is 0 Å². The molecule has 0 spiro atoms. The molecule has 7 heteroatoms. The minimum absolute atomic E-state index is 0.0870. The number of nitrogens with two attached hydrogens (primary N) is 1. The average molecular weight is 353 g/mol. The van der Waals surface area contributed by atoms with Crippen molar-refractivity contribution in [2.75, 3.05) is 26.2 Å². The maximum absolute atomic E-state index is 12.7. The summed E-state index contributed by atoms with van der Waals surface area (Å²) >= 11 is 0. The summed E-state index contributed by atoms with van der Waals surface area (Å²) in [5.41, 5.74) is 6.97. The molecule has 2 rings (SSSR count). The first-order valence-corrected chi connectivity index (χ1v) is 9.77. The summed E-state index contributed by atoms with van der Waals surface area (Å²) in [4.78, 5) is 14.3. The zero-order valence-corrected chi connectivity index (χ0v) is 15.4. The maximum atomic E-state index is 12.7. The van der Waals surface area contributed by atoms with Gasteiger partial charge in [0, 0.05) is 26.2 Å². The molecule has 1 amide bonds. The summed E-state index contributed by atoms with van der Waals surface area (Å²) in [6.45, 7) is 7.35. The molecule has 0 bridgehead atoms. The van der Waals surface area contributed by atoms with Crippen molar-refractivity contribution >= 4 is 15.9 Å². The molecule has 1 heterocycles. The van der Waals surface area contributed by atoms with Crippen LogP contribution >= 0.6 is 0 Å². The number of carbonyl (C=O) groups is 1. The van der Waals surface area contributed by atoms with E-state index in [9.17, 15) is 13.2 Å². The van der Waals surface area contributed by atoms with E-state index in [4.69, 9.17) is 5.73 Å². The Labute approximate surface area is 144 Å². The molecule has 1 aromatic rings. The Morgan fingerprint density at radius 3 is 2.17 bits per heavy atom. The monoisotopic (exact) mass is 353 g/mol. The van der Waals surface area contributed by atoms with Crippen LogP contribution in [0.4, 0.5) is 0 Å². The van der Waals surface area contributed by atoms with Gasteiger partial charge < -0.3 is 10.6 Å². The van der Waals surface area contributed by atoms with Gasteiger partial charge in [0.25, 0.3) is 0 Å². The fourth-order valence-corrected chi connectivity index (χ4v) is 4.27. The lowest BCUT2D eigenvalue weighted by Gasteiger charge is -2.35. The van der Waals surface area contributed by atoms with Gasteiger partial charge in [-0.2, -0.15) is 4.31 Å². The number of nitrogens with zero attached hydrogens (tertiary/aromatic N) is 2. The Bertz CT molecular complexity index is 663. The third-order valence-corrected chi connectivity index (χ3v) is 6.16. The number of carbonyl (C=O) groups excluding carboxylic acids is 1. The lowest BCUT2D eigenvalue weighted by atomic mass is 10.0. The maximum Gasteiger partial charge on any atom is 0.243 e. The molecular formula is C17H27N3O3S. The molecule has 24 heavy (non-hydrogen) atoms. The number of sulfonamides is 1. The van der Waals surface area contributed by atoms with E-state index in [0.717, 1.165) is 5.56 Å². The Morgan fingerprint density at radius 2 is 1.67 bits per heavy atom. The molecule has 1 unspecified atom stereocenters. The topological polar surface area (TPSA) is 83.7 Å². The summed E-state index contributed by atoms with van der Waals surface area (Å²) in [6, 6.07) is 6.32. The van der Waals surface area contributed by atoms with Gasteiger partial charge in [-0.25, -0.2) is 8.42 Å². The predicted molar refractivity (Wildman–Crippen MR) is 93.9 cm³/mol. The lowest BCUT2D eigenvalue weighted by molar-refractivity contribution is -0.134. The smallest absolute Gasteiger partial charge is 0.243 e. The van der Waals surface area contributed by atoms with Crippen LogP contribution in [0.5, 0.6) is 0 Å². The molecule has 1 fully saturated rings. The van der Waals surface area contributed by atoms with Gasteiger partial charge in [0.15, 0.2) is 0 Å². The second-order valence-corrected chi connectivity index (χ2v) is 8.72. The van der Waals surface area contributed by atoms with Crippen molar-refractivity contribution < 1.29 is 13.2 Å². The van der Waals surface area contributed by atoms with E-state index in [1.807, 2.05) is 20.8 Å². The van der Waals surface area contributed by atoms with E-state index in [-0.39, 0.29) is 5.91 Å². The number of hydrogen-bond acceptors (Lipinski definition) is 4. The van der Waals surface area contributed by atoms with Gasteiger partial charge in [-0.1, -0.05) is 31.5 Å². The molecule has 1 saturated heterocycles. The Hall–Kier alpha value is -1.44. The van der Waals surface area contributed by atoms with Gasteiger partial charge in [0.1, 0.15) is 0 Å². The van der Waals surface area contributed by atoms with E-state index in [1.54, 1.807) is 29.2 Å². The summed E-state index contributed by atoms with van der Waals surface area (Å²) in [5.74, 6) is 0.267. The highest BCUT2D eigenvalue weighted by Crippen LogP contribution is 2.18. The first kappa shape index (κ1) is 18.9. The second-order valence-electron chi connectivity index (χ2n) is 6.78. The highest BCUT2D eigenvalue weighted by atomic mass is 32.2. The van der Waals surface area contributed by atoms with Crippen molar-refractivity contribution in [2.45, 2.75) is 38.1 Å². The van der Waals surface area contributed by atoms with E-state index < -0.39 is 16.1 Å². The molecule has 0 saturated carbocycles. The molecule has 0 aromatic heterocycles. The van der Waals surface area contributed by atoms with Crippen LogP contribution in [0, 0.1) is 12.8 Å². The van der Waals surface area contributed by atoms with Crippen LogP contribution in [-0.2, 0) is 14.8 Å². The van der Waals surface area contributed by atoms with E-state index in [2.05, 4.69) is 0 Å². The van der Waals surface area contributed by atoms with Gasteiger partial charge in [0.05, 0.1) is 10.9 Å². The summed E-state index contributed by atoms with van der Waals surface area (Å²) in [7, 11) is -3.50. The highest BCUT2D eigenvalue weighted by Gasteiger charge is 2.31. The molecule has 134 valence electrons. The third-order valence-electron chi connectivity index (χ3n) is 4.25. The number of rotatable bonds is 5. The number of aryl methyl sites for hydroxylation is 1. The van der Waals surface area contributed by atoms with Gasteiger partial charge in [-0.05, 0) is 31.4 Å². The van der Waals surface area contributed by atoms with Crippen molar-refractivity contribution in [3.05, 3.63) is 29.8 Å². The SMILES string of the molecule is Cc1ccc(S(=O)(=O)N2CCN(C(=O)C(N)CC(C)C)CC2)cc1. The second kappa shape index (κ2) is 7.63. The fraction of sp³-hybridized carbons (Fsp3) is 0.588. The largest absolute Gasteiger partial charge is 0.339 e. The first-order valence-electron chi connectivity index (χ1n) is 8.33. The van der Waals surface area contributed by atoms with Crippen molar-refractivity contribution in [2.24, 2.45) is 11.7 Å². The molecule has 1 atom stereocenters. The van der Waals surface area contributed by atoms with E-state index in [0.29, 0.717) is 43.4 Å². The van der Waals surface area contributed by atoms with E-state index in [1.165, 1.54) is 4.31 Å². The van der Waals surface area contributed by atoms with Crippen molar-refractivity contribution in [1.82, 2.24) is 9.21 Å². The quantitative estimate of drug-likeness (QED) is 0.862. The summed E-state index contributed by atoms with van der Waals surface area (Å²) in [6.07, 6.45) is 0.640. The van der Waals surface area contributed by atoms with Crippen LogP contribution in [0.1, 0.15) is 25.8 Å². The number of piperazine rings is 1. The normalized spacial score (nSPS) is 18.0.